The molecule has 0 fully saturated rings. The van der Waals surface area contributed by atoms with Gasteiger partial charge in [-0.15, -0.1) is 0 Å². The van der Waals surface area contributed by atoms with Crippen molar-refractivity contribution in [2.24, 2.45) is 0 Å². The monoisotopic (exact) mass is 542 g/mol. The van der Waals surface area contributed by atoms with E-state index in [2.05, 4.69) is 32.1 Å². The van der Waals surface area contributed by atoms with Crippen molar-refractivity contribution in [3.05, 3.63) is 104 Å². The molecular formula is C23H19BrN4O5S. The number of carbonyl (C=O) groups excluding carboxylic acids is 2. The molecule has 9 nitrogen and oxygen atoms in total. The van der Waals surface area contributed by atoms with Gasteiger partial charge in [0.25, 0.3) is 17.5 Å². The molecule has 0 aliphatic heterocycles. The number of benzene rings is 3. The Labute approximate surface area is 208 Å². The first-order chi connectivity index (χ1) is 16.3. The highest BCUT2D eigenvalue weighted by Gasteiger charge is 2.14. The number of rotatable bonds is 7. The molecule has 0 saturated carbocycles. The number of amides is 2. The second kappa shape index (κ2) is 11.9. The number of carbonyl (C=O) groups is 2. The van der Waals surface area contributed by atoms with Crippen LogP contribution in [-0.4, -0.2) is 28.5 Å². The molecule has 3 aromatic rings. The number of hydrogen-bond acceptors (Lipinski definition) is 6. The van der Waals surface area contributed by atoms with E-state index in [0.717, 1.165) is 18.1 Å². The van der Waals surface area contributed by atoms with Crippen LogP contribution in [0.4, 0.5) is 5.69 Å². The molecule has 0 bridgehead atoms. The highest BCUT2D eigenvalue weighted by Crippen LogP contribution is 2.26. The lowest BCUT2D eigenvalue weighted by atomic mass is 10.2. The molecule has 3 rings (SSSR count). The summed E-state index contributed by atoms with van der Waals surface area (Å²) in [5.41, 5.74) is 5.99. The van der Waals surface area contributed by atoms with Crippen molar-refractivity contribution in [1.82, 2.24) is 16.2 Å². The van der Waals surface area contributed by atoms with Crippen molar-refractivity contribution in [3.8, 4) is 5.75 Å². The molecule has 0 aliphatic rings. The summed E-state index contributed by atoms with van der Waals surface area (Å²) in [5, 5.41) is 13.1. The van der Waals surface area contributed by atoms with Crippen LogP contribution < -0.4 is 20.9 Å². The molecule has 11 heteroatoms. The molecule has 3 aromatic carbocycles. The van der Waals surface area contributed by atoms with Crippen molar-refractivity contribution in [2.45, 2.75) is 6.42 Å². The number of non-ortho nitro benzene ring substituents is 1. The van der Waals surface area contributed by atoms with E-state index in [4.69, 9.17) is 17.0 Å². The molecule has 0 atom stereocenters. The standard InChI is InChI=1S/C23H19BrN4O5S/c24-19-14-17(9-10-20(19)33-12-11-15-5-2-1-3-6-15)21(29)25-23(34)27-26-22(30)16-7-4-8-18(13-16)28(31)32/h1-10,13-14H,11-12H2,(H,26,30)(H2,25,27,29,34). The van der Waals surface area contributed by atoms with Crippen LogP contribution in [0, 0.1) is 10.1 Å². The van der Waals surface area contributed by atoms with Gasteiger partial charge < -0.3 is 4.74 Å². The van der Waals surface area contributed by atoms with Crippen LogP contribution in [0.15, 0.2) is 77.3 Å². The largest absolute Gasteiger partial charge is 0.492 e. The van der Waals surface area contributed by atoms with Gasteiger partial charge in [-0.2, -0.15) is 0 Å². The highest BCUT2D eigenvalue weighted by atomic mass is 79.9. The molecule has 0 aliphatic carbocycles. The summed E-state index contributed by atoms with van der Waals surface area (Å²) in [7, 11) is 0. The quantitative estimate of drug-likeness (QED) is 0.235. The minimum Gasteiger partial charge on any atom is -0.492 e. The molecule has 0 unspecified atom stereocenters. The van der Waals surface area contributed by atoms with E-state index in [1.165, 1.54) is 18.2 Å². The lowest BCUT2D eigenvalue weighted by Gasteiger charge is -2.12. The normalized spacial score (nSPS) is 10.1. The van der Waals surface area contributed by atoms with Gasteiger partial charge in [-0.25, -0.2) is 0 Å². The maximum absolute atomic E-state index is 12.5. The minimum absolute atomic E-state index is 0.0580. The predicted octanol–water partition coefficient (Wildman–Crippen LogP) is 3.93. The molecule has 0 radical (unpaired) electrons. The molecule has 0 spiro atoms. The average molecular weight is 543 g/mol. The number of halogens is 1. The molecule has 174 valence electrons. The number of ether oxygens (including phenoxy) is 1. The van der Waals surface area contributed by atoms with E-state index >= 15 is 0 Å². The van der Waals surface area contributed by atoms with Gasteiger partial charge in [0, 0.05) is 29.7 Å². The Morgan fingerprint density at radius 3 is 2.38 bits per heavy atom. The maximum Gasteiger partial charge on any atom is 0.270 e. The van der Waals surface area contributed by atoms with Gasteiger partial charge in [0.2, 0.25) is 0 Å². The molecule has 2 amide bonds. The van der Waals surface area contributed by atoms with Crippen molar-refractivity contribution in [1.29, 1.82) is 0 Å². The van der Waals surface area contributed by atoms with Gasteiger partial charge >= 0.3 is 0 Å². The van der Waals surface area contributed by atoms with Crippen LogP contribution in [-0.2, 0) is 6.42 Å². The number of hydrazine groups is 1. The summed E-state index contributed by atoms with van der Waals surface area (Å²) in [6.07, 6.45) is 0.748. The minimum atomic E-state index is -0.653. The third-order valence-corrected chi connectivity index (χ3v) is 5.34. The molecule has 0 heterocycles. The van der Waals surface area contributed by atoms with Gasteiger partial charge in [0.05, 0.1) is 16.0 Å². The van der Waals surface area contributed by atoms with E-state index in [0.29, 0.717) is 22.4 Å². The van der Waals surface area contributed by atoms with Crippen molar-refractivity contribution in [2.75, 3.05) is 6.61 Å². The topological polar surface area (TPSA) is 123 Å². The number of nitrogens with zero attached hydrogens (tertiary/aromatic N) is 1. The maximum atomic E-state index is 12.5. The van der Waals surface area contributed by atoms with Gasteiger partial charge in [0.1, 0.15) is 5.75 Å². The summed E-state index contributed by atoms with van der Waals surface area (Å²) < 4.78 is 6.38. The Morgan fingerprint density at radius 1 is 0.941 bits per heavy atom. The first-order valence-electron chi connectivity index (χ1n) is 9.96. The zero-order chi connectivity index (χ0) is 24.5. The SMILES string of the molecule is O=C(NNC(=S)NC(=O)c1ccc(OCCc2ccccc2)c(Br)c1)c1cccc([N+](=O)[O-])c1. The van der Waals surface area contributed by atoms with E-state index in [9.17, 15) is 19.7 Å². The van der Waals surface area contributed by atoms with Gasteiger partial charge in [-0.3, -0.25) is 35.9 Å². The smallest absolute Gasteiger partial charge is 0.270 e. The van der Waals surface area contributed by atoms with Crippen LogP contribution in [0.3, 0.4) is 0 Å². The van der Waals surface area contributed by atoms with Gasteiger partial charge in [-0.1, -0.05) is 36.4 Å². The summed E-state index contributed by atoms with van der Waals surface area (Å²) in [6.45, 7) is 0.479. The van der Waals surface area contributed by atoms with Gasteiger partial charge in [-0.05, 0) is 58.0 Å². The van der Waals surface area contributed by atoms with Crippen LogP contribution in [0.5, 0.6) is 5.75 Å². The van der Waals surface area contributed by atoms with Crippen LogP contribution in [0.25, 0.3) is 0 Å². The first kappa shape index (κ1) is 24.8. The zero-order valence-corrected chi connectivity index (χ0v) is 20.0. The lowest BCUT2D eigenvalue weighted by Crippen LogP contribution is -2.48. The summed E-state index contributed by atoms with van der Waals surface area (Å²) >= 11 is 8.43. The molecule has 0 aromatic heterocycles. The van der Waals surface area contributed by atoms with Gasteiger partial charge in [0.15, 0.2) is 5.11 Å². The fourth-order valence-electron chi connectivity index (χ4n) is 2.84. The fourth-order valence-corrected chi connectivity index (χ4v) is 3.47. The Balaban J connectivity index is 1.49. The third kappa shape index (κ3) is 7.09. The Hall–Kier alpha value is -3.83. The first-order valence-corrected chi connectivity index (χ1v) is 11.2. The second-order valence-corrected chi connectivity index (χ2v) is 8.16. The summed E-state index contributed by atoms with van der Waals surface area (Å²) in [5.74, 6) is -0.559. The number of thiocarbonyl (C=S) groups is 1. The predicted molar refractivity (Wildman–Crippen MR) is 134 cm³/mol. The summed E-state index contributed by atoms with van der Waals surface area (Å²) in [4.78, 5) is 34.8. The lowest BCUT2D eigenvalue weighted by molar-refractivity contribution is -0.384. The van der Waals surface area contributed by atoms with Crippen LogP contribution in [0.1, 0.15) is 26.3 Å². The number of nitro groups is 1. The van der Waals surface area contributed by atoms with Crippen molar-refractivity contribution >= 4 is 50.8 Å². The summed E-state index contributed by atoms with van der Waals surface area (Å²) in [6, 6.07) is 20.0. The molecule has 3 N–H and O–H groups in total. The number of hydrogen-bond donors (Lipinski definition) is 3. The Kier molecular flexibility index (Phi) is 8.66. The Bertz CT molecular complexity index is 1220. The average Bonchev–Trinajstić information content (AvgIpc) is 2.84. The molecule has 34 heavy (non-hydrogen) atoms. The highest BCUT2D eigenvalue weighted by molar-refractivity contribution is 9.10. The second-order valence-electron chi connectivity index (χ2n) is 6.90. The third-order valence-electron chi connectivity index (χ3n) is 4.52. The fraction of sp³-hybridized carbons (Fsp3) is 0.0870. The van der Waals surface area contributed by atoms with E-state index in [1.54, 1.807) is 18.2 Å². The number of nitrogens with one attached hydrogen (secondary N) is 3. The zero-order valence-electron chi connectivity index (χ0n) is 17.6. The molecular weight excluding hydrogens is 524 g/mol. The van der Waals surface area contributed by atoms with Crippen molar-refractivity contribution in [3.63, 3.8) is 0 Å². The van der Waals surface area contributed by atoms with E-state index in [1.807, 2.05) is 30.3 Å². The Morgan fingerprint density at radius 2 is 1.68 bits per heavy atom. The van der Waals surface area contributed by atoms with Crippen LogP contribution in [0.2, 0.25) is 0 Å². The molecule has 0 saturated heterocycles. The van der Waals surface area contributed by atoms with E-state index < -0.39 is 16.7 Å². The van der Waals surface area contributed by atoms with Crippen molar-refractivity contribution < 1.29 is 19.2 Å². The number of nitro benzene ring substituents is 1. The van der Waals surface area contributed by atoms with Crippen LogP contribution >= 0.6 is 28.1 Å². The van der Waals surface area contributed by atoms with E-state index in [-0.39, 0.29) is 16.4 Å².